The van der Waals surface area contributed by atoms with E-state index in [-0.39, 0.29) is 0 Å². The Labute approximate surface area is 134 Å². The molecule has 1 aromatic heterocycles. The van der Waals surface area contributed by atoms with E-state index in [1.54, 1.807) is 0 Å². The summed E-state index contributed by atoms with van der Waals surface area (Å²) in [5, 5.41) is 10.9. The minimum absolute atomic E-state index is 0.387. The predicted octanol–water partition coefficient (Wildman–Crippen LogP) is 3.38. The lowest BCUT2D eigenvalue weighted by Crippen LogP contribution is -2.47. The van der Waals surface area contributed by atoms with Crippen LogP contribution in [-0.4, -0.2) is 30.8 Å². The lowest BCUT2D eigenvalue weighted by molar-refractivity contribution is 0.0875. The number of pyridine rings is 1. The molecule has 0 radical (unpaired) electrons. The molecule has 1 atom stereocenters. The van der Waals surface area contributed by atoms with Crippen molar-refractivity contribution in [3.05, 3.63) is 34.9 Å². The number of nitrogens with zero attached hydrogens (tertiary/aromatic N) is 3. The number of anilines is 1. The summed E-state index contributed by atoms with van der Waals surface area (Å²) < 4.78 is 5.64. The summed E-state index contributed by atoms with van der Waals surface area (Å²) in [4.78, 5) is 7.09. The molecule has 1 unspecified atom stereocenters. The highest BCUT2D eigenvalue weighted by molar-refractivity contribution is 6.31. The second-order valence-corrected chi connectivity index (χ2v) is 6.41. The first-order chi connectivity index (χ1) is 10.8. The van der Waals surface area contributed by atoms with Crippen molar-refractivity contribution < 1.29 is 4.74 Å². The van der Waals surface area contributed by atoms with Crippen LogP contribution in [0.4, 0.5) is 5.82 Å². The minimum atomic E-state index is 0.387. The summed E-state index contributed by atoms with van der Waals surface area (Å²) >= 11 is 6.04. The highest BCUT2D eigenvalue weighted by Crippen LogP contribution is 2.38. The first-order valence-electron chi connectivity index (χ1n) is 7.61. The molecule has 0 bridgehead atoms. The fourth-order valence-corrected chi connectivity index (χ4v) is 3.37. The zero-order valence-corrected chi connectivity index (χ0v) is 12.9. The molecule has 1 aliphatic heterocycles. The molecule has 1 aromatic carbocycles. The highest BCUT2D eigenvalue weighted by atomic mass is 35.5. The van der Waals surface area contributed by atoms with Gasteiger partial charge in [0, 0.05) is 17.0 Å². The number of halogens is 1. The third kappa shape index (κ3) is 2.41. The quantitative estimate of drug-likeness (QED) is 0.853. The van der Waals surface area contributed by atoms with E-state index in [0.29, 0.717) is 29.2 Å². The topological polar surface area (TPSA) is 49.2 Å². The van der Waals surface area contributed by atoms with Crippen molar-refractivity contribution >= 4 is 28.3 Å². The van der Waals surface area contributed by atoms with Crippen molar-refractivity contribution in [2.24, 2.45) is 5.92 Å². The van der Waals surface area contributed by atoms with Crippen LogP contribution in [0.25, 0.3) is 10.9 Å². The molecule has 2 fully saturated rings. The molecule has 22 heavy (non-hydrogen) atoms. The Hall–Kier alpha value is -1.83. The third-order valence-corrected chi connectivity index (χ3v) is 4.74. The van der Waals surface area contributed by atoms with Gasteiger partial charge in [0.15, 0.2) is 0 Å². The van der Waals surface area contributed by atoms with E-state index in [9.17, 15) is 5.26 Å². The number of rotatable bonds is 2. The van der Waals surface area contributed by atoms with Gasteiger partial charge in [0.25, 0.3) is 0 Å². The monoisotopic (exact) mass is 313 g/mol. The number of aromatic nitrogens is 1. The molecule has 4 rings (SSSR count). The van der Waals surface area contributed by atoms with Gasteiger partial charge < -0.3 is 9.64 Å². The van der Waals surface area contributed by atoms with Gasteiger partial charge in [-0.2, -0.15) is 5.26 Å². The normalized spacial score (nSPS) is 21.8. The molecule has 1 aliphatic carbocycles. The van der Waals surface area contributed by atoms with Crippen LogP contribution < -0.4 is 4.90 Å². The predicted molar refractivity (Wildman–Crippen MR) is 86.1 cm³/mol. The van der Waals surface area contributed by atoms with Gasteiger partial charge in [0.1, 0.15) is 5.82 Å². The maximum absolute atomic E-state index is 9.47. The largest absolute Gasteiger partial charge is 0.377 e. The fraction of sp³-hybridized carbons (Fsp3) is 0.412. The Balaban J connectivity index is 1.81. The van der Waals surface area contributed by atoms with Gasteiger partial charge in [-0.1, -0.05) is 11.6 Å². The Morgan fingerprint density at radius 2 is 2.18 bits per heavy atom. The minimum Gasteiger partial charge on any atom is -0.377 e. The Bertz CT molecular complexity index is 766. The molecule has 0 spiro atoms. The van der Waals surface area contributed by atoms with Crippen LogP contribution in [0, 0.1) is 17.2 Å². The van der Waals surface area contributed by atoms with Crippen molar-refractivity contribution in [2.45, 2.75) is 18.9 Å². The summed E-state index contributed by atoms with van der Waals surface area (Å²) in [7, 11) is 0. The zero-order valence-electron chi connectivity index (χ0n) is 12.1. The van der Waals surface area contributed by atoms with E-state index in [0.717, 1.165) is 29.9 Å². The van der Waals surface area contributed by atoms with Crippen molar-refractivity contribution in [3.63, 3.8) is 0 Å². The lowest BCUT2D eigenvalue weighted by atomic mass is 10.1. The molecule has 2 heterocycles. The molecule has 1 saturated carbocycles. The highest BCUT2D eigenvalue weighted by Gasteiger charge is 2.38. The fourth-order valence-electron chi connectivity index (χ4n) is 3.20. The molecule has 0 N–H and O–H groups in total. The molecule has 2 aromatic rings. The summed E-state index contributed by atoms with van der Waals surface area (Å²) in [5.74, 6) is 1.58. The van der Waals surface area contributed by atoms with Gasteiger partial charge in [0.2, 0.25) is 0 Å². The first kappa shape index (κ1) is 13.8. The number of hydrogen-bond acceptors (Lipinski definition) is 4. The SMILES string of the molecule is N#Cc1cc(N2CCOCC2C2CC2)nc2ccc(Cl)cc12. The summed E-state index contributed by atoms with van der Waals surface area (Å²) in [6.45, 7) is 2.30. The number of fused-ring (bicyclic) bond motifs is 1. The molecule has 0 amide bonds. The standard InChI is InChI=1S/C17H16ClN3O/c18-13-3-4-15-14(8-13)12(9-19)7-17(20-15)21-5-6-22-10-16(21)11-1-2-11/h3-4,7-8,11,16H,1-2,5-6,10H2. The molecule has 5 heteroatoms. The van der Waals surface area contributed by atoms with Crippen LogP contribution in [0.3, 0.4) is 0 Å². The summed E-state index contributed by atoms with van der Waals surface area (Å²) in [6, 6.07) is 10.1. The van der Waals surface area contributed by atoms with Gasteiger partial charge in [0.05, 0.1) is 36.4 Å². The van der Waals surface area contributed by atoms with Gasteiger partial charge in [-0.3, -0.25) is 0 Å². The number of nitriles is 1. The van der Waals surface area contributed by atoms with Crippen LogP contribution in [0.2, 0.25) is 5.02 Å². The van der Waals surface area contributed by atoms with Gasteiger partial charge in [-0.15, -0.1) is 0 Å². The van der Waals surface area contributed by atoms with Crippen LogP contribution in [0.5, 0.6) is 0 Å². The van der Waals surface area contributed by atoms with Crippen LogP contribution >= 0.6 is 11.6 Å². The van der Waals surface area contributed by atoms with Crippen molar-refractivity contribution in [1.82, 2.24) is 4.98 Å². The summed E-state index contributed by atoms with van der Waals surface area (Å²) in [5.41, 5.74) is 1.45. The van der Waals surface area contributed by atoms with Crippen LogP contribution in [-0.2, 0) is 4.74 Å². The van der Waals surface area contributed by atoms with Gasteiger partial charge in [-0.25, -0.2) is 4.98 Å². The van der Waals surface area contributed by atoms with E-state index in [4.69, 9.17) is 21.3 Å². The van der Waals surface area contributed by atoms with E-state index < -0.39 is 0 Å². The van der Waals surface area contributed by atoms with E-state index in [2.05, 4.69) is 11.0 Å². The molecule has 2 aliphatic rings. The maximum atomic E-state index is 9.47. The van der Waals surface area contributed by atoms with Crippen molar-refractivity contribution in [2.75, 3.05) is 24.7 Å². The molecular formula is C17H16ClN3O. The number of hydrogen-bond donors (Lipinski definition) is 0. The van der Waals surface area contributed by atoms with E-state index in [1.165, 1.54) is 12.8 Å². The number of ether oxygens (including phenoxy) is 1. The Kier molecular flexibility index (Phi) is 3.40. The average molecular weight is 314 g/mol. The third-order valence-electron chi connectivity index (χ3n) is 4.50. The number of benzene rings is 1. The molecule has 112 valence electrons. The Morgan fingerprint density at radius 1 is 1.32 bits per heavy atom. The van der Waals surface area contributed by atoms with Crippen molar-refractivity contribution in [1.29, 1.82) is 5.26 Å². The molecule has 4 nitrogen and oxygen atoms in total. The number of morpholine rings is 1. The average Bonchev–Trinajstić information content (AvgIpc) is 3.39. The maximum Gasteiger partial charge on any atom is 0.130 e. The first-order valence-corrected chi connectivity index (χ1v) is 7.99. The van der Waals surface area contributed by atoms with Gasteiger partial charge >= 0.3 is 0 Å². The van der Waals surface area contributed by atoms with E-state index >= 15 is 0 Å². The Morgan fingerprint density at radius 3 is 2.95 bits per heavy atom. The smallest absolute Gasteiger partial charge is 0.130 e. The van der Waals surface area contributed by atoms with E-state index in [1.807, 2.05) is 24.3 Å². The molecular weight excluding hydrogens is 298 g/mol. The van der Waals surface area contributed by atoms with Crippen LogP contribution in [0.1, 0.15) is 18.4 Å². The second-order valence-electron chi connectivity index (χ2n) is 5.97. The van der Waals surface area contributed by atoms with Crippen LogP contribution in [0.15, 0.2) is 24.3 Å². The lowest BCUT2D eigenvalue weighted by Gasteiger charge is -2.37. The second kappa shape index (κ2) is 5.42. The molecule has 1 saturated heterocycles. The van der Waals surface area contributed by atoms with Gasteiger partial charge in [-0.05, 0) is 43.0 Å². The summed E-state index contributed by atoms with van der Waals surface area (Å²) in [6.07, 6.45) is 2.53. The zero-order chi connectivity index (χ0) is 15.1. The van der Waals surface area contributed by atoms with Crippen molar-refractivity contribution in [3.8, 4) is 6.07 Å².